The molecule has 144 valence electrons. The van der Waals surface area contributed by atoms with E-state index in [1.807, 2.05) is 24.3 Å². The predicted molar refractivity (Wildman–Crippen MR) is 114 cm³/mol. The second kappa shape index (κ2) is 8.00. The molecule has 4 N–H and O–H groups in total. The van der Waals surface area contributed by atoms with Gasteiger partial charge in [0, 0.05) is 26.2 Å². The minimum atomic E-state index is -0.286. The van der Waals surface area contributed by atoms with Gasteiger partial charge in [-0.1, -0.05) is 18.2 Å². The Labute approximate surface area is 167 Å². The molecular formula is C21H21FN4OS. The van der Waals surface area contributed by atoms with Gasteiger partial charge in [0.25, 0.3) is 5.91 Å². The number of anilines is 3. The highest BCUT2D eigenvalue weighted by Crippen LogP contribution is 2.30. The third-order valence-corrected chi connectivity index (χ3v) is 5.87. The van der Waals surface area contributed by atoms with Gasteiger partial charge in [0.1, 0.15) is 5.82 Å². The summed E-state index contributed by atoms with van der Waals surface area (Å²) in [6.45, 7) is 3.78. The number of nitrogens with one attached hydrogen (secondary N) is 2. The van der Waals surface area contributed by atoms with E-state index in [1.54, 1.807) is 18.2 Å². The van der Waals surface area contributed by atoms with Crippen molar-refractivity contribution in [2.75, 3.05) is 42.1 Å². The zero-order valence-electron chi connectivity index (χ0n) is 15.2. The Balaban J connectivity index is 1.52. The summed E-state index contributed by atoms with van der Waals surface area (Å²) in [7, 11) is 0. The van der Waals surface area contributed by atoms with Gasteiger partial charge < -0.3 is 21.3 Å². The van der Waals surface area contributed by atoms with E-state index < -0.39 is 0 Å². The van der Waals surface area contributed by atoms with E-state index in [0.29, 0.717) is 16.3 Å². The molecule has 3 aromatic rings. The normalized spacial score (nSPS) is 14.1. The summed E-state index contributed by atoms with van der Waals surface area (Å²) in [5.74, 6) is -0.472. The number of thiophene rings is 1. The van der Waals surface area contributed by atoms with Crippen molar-refractivity contribution in [1.82, 2.24) is 5.32 Å². The van der Waals surface area contributed by atoms with Crippen molar-refractivity contribution in [2.45, 2.75) is 0 Å². The number of rotatable bonds is 4. The van der Waals surface area contributed by atoms with Gasteiger partial charge in [-0.15, -0.1) is 11.3 Å². The first kappa shape index (κ1) is 18.5. The van der Waals surface area contributed by atoms with Crippen LogP contribution < -0.4 is 21.3 Å². The number of carbonyl (C=O) groups is 1. The van der Waals surface area contributed by atoms with Crippen LogP contribution in [0, 0.1) is 5.82 Å². The summed E-state index contributed by atoms with van der Waals surface area (Å²) in [5, 5.41) is 7.33. The van der Waals surface area contributed by atoms with Crippen LogP contribution in [0.15, 0.2) is 54.6 Å². The van der Waals surface area contributed by atoms with Crippen LogP contribution in [0.25, 0.3) is 11.1 Å². The summed E-state index contributed by atoms with van der Waals surface area (Å²) < 4.78 is 13.2. The van der Waals surface area contributed by atoms with E-state index in [9.17, 15) is 9.18 Å². The number of benzene rings is 2. The van der Waals surface area contributed by atoms with Crippen LogP contribution in [0.3, 0.4) is 0 Å². The minimum Gasteiger partial charge on any atom is -0.397 e. The highest BCUT2D eigenvalue weighted by Gasteiger charge is 2.16. The average Bonchev–Trinajstić information content (AvgIpc) is 3.21. The van der Waals surface area contributed by atoms with Crippen LogP contribution in [-0.4, -0.2) is 32.1 Å². The van der Waals surface area contributed by atoms with Gasteiger partial charge in [-0.25, -0.2) is 4.39 Å². The number of nitrogens with zero attached hydrogens (tertiary/aromatic N) is 1. The molecule has 0 saturated carbocycles. The standard InChI is InChI=1S/C21H21FN4OS/c22-16-4-1-14(2-5-16)15-3-6-17(23)18(13-15)25-21(27)19-7-8-20(28-19)26-11-9-24-10-12-26/h1-8,13,24H,9-12,23H2,(H,25,27). The molecule has 5 nitrogen and oxygen atoms in total. The van der Waals surface area contributed by atoms with Crippen molar-refractivity contribution >= 4 is 33.6 Å². The van der Waals surface area contributed by atoms with Crippen LogP contribution in [0.1, 0.15) is 9.67 Å². The first-order valence-electron chi connectivity index (χ1n) is 9.12. The lowest BCUT2D eigenvalue weighted by molar-refractivity contribution is 0.103. The van der Waals surface area contributed by atoms with Gasteiger partial charge in [-0.3, -0.25) is 4.79 Å². The van der Waals surface area contributed by atoms with Crippen LogP contribution >= 0.6 is 11.3 Å². The Morgan fingerprint density at radius 1 is 1.04 bits per heavy atom. The van der Waals surface area contributed by atoms with E-state index >= 15 is 0 Å². The highest BCUT2D eigenvalue weighted by atomic mass is 32.1. The number of nitrogens with two attached hydrogens (primary N) is 1. The maximum absolute atomic E-state index is 13.2. The van der Waals surface area contributed by atoms with Crippen molar-refractivity contribution in [3.8, 4) is 11.1 Å². The molecular weight excluding hydrogens is 375 g/mol. The van der Waals surface area contributed by atoms with Gasteiger partial charge >= 0.3 is 0 Å². The van der Waals surface area contributed by atoms with Crippen molar-refractivity contribution in [3.05, 3.63) is 65.3 Å². The molecule has 1 aromatic heterocycles. The maximum atomic E-state index is 13.2. The van der Waals surface area contributed by atoms with Crippen molar-refractivity contribution in [3.63, 3.8) is 0 Å². The number of amides is 1. The topological polar surface area (TPSA) is 70.4 Å². The molecule has 4 rings (SSSR count). The van der Waals surface area contributed by atoms with E-state index in [2.05, 4.69) is 15.5 Å². The summed E-state index contributed by atoms with van der Waals surface area (Å²) in [6, 6.07) is 15.5. The SMILES string of the molecule is Nc1ccc(-c2ccc(F)cc2)cc1NC(=O)c1ccc(N2CCNCC2)s1. The lowest BCUT2D eigenvalue weighted by atomic mass is 10.0. The van der Waals surface area contributed by atoms with Gasteiger partial charge in [0.05, 0.1) is 21.3 Å². The number of piperazine rings is 1. The molecule has 28 heavy (non-hydrogen) atoms. The number of nitrogen functional groups attached to an aromatic ring is 1. The molecule has 0 radical (unpaired) electrons. The van der Waals surface area contributed by atoms with Crippen molar-refractivity contribution < 1.29 is 9.18 Å². The molecule has 0 bridgehead atoms. The maximum Gasteiger partial charge on any atom is 0.265 e. The fraction of sp³-hybridized carbons (Fsp3) is 0.190. The molecule has 0 spiro atoms. The fourth-order valence-corrected chi connectivity index (χ4v) is 4.13. The Kier molecular flexibility index (Phi) is 5.27. The van der Waals surface area contributed by atoms with E-state index in [-0.39, 0.29) is 11.7 Å². The van der Waals surface area contributed by atoms with Gasteiger partial charge in [0.15, 0.2) is 0 Å². The minimum absolute atomic E-state index is 0.186. The molecule has 2 aromatic carbocycles. The number of halogens is 1. The zero-order valence-corrected chi connectivity index (χ0v) is 16.1. The van der Waals surface area contributed by atoms with Gasteiger partial charge in [0.2, 0.25) is 0 Å². The van der Waals surface area contributed by atoms with Crippen LogP contribution in [0.2, 0.25) is 0 Å². The molecule has 7 heteroatoms. The Morgan fingerprint density at radius 3 is 2.50 bits per heavy atom. The lowest BCUT2D eigenvalue weighted by Crippen LogP contribution is -2.43. The zero-order chi connectivity index (χ0) is 19.5. The average molecular weight is 396 g/mol. The summed E-state index contributed by atoms with van der Waals surface area (Å²) in [4.78, 5) is 15.6. The smallest absolute Gasteiger partial charge is 0.265 e. The monoisotopic (exact) mass is 396 g/mol. The summed E-state index contributed by atoms with van der Waals surface area (Å²) in [6.07, 6.45) is 0. The highest BCUT2D eigenvalue weighted by molar-refractivity contribution is 7.18. The molecule has 1 saturated heterocycles. The molecule has 1 amide bonds. The third-order valence-electron chi connectivity index (χ3n) is 4.72. The first-order valence-corrected chi connectivity index (χ1v) is 9.94. The first-order chi connectivity index (χ1) is 13.6. The van der Waals surface area contributed by atoms with Crippen LogP contribution in [0.4, 0.5) is 20.8 Å². The molecule has 2 heterocycles. The van der Waals surface area contributed by atoms with Gasteiger partial charge in [-0.2, -0.15) is 0 Å². The second-order valence-electron chi connectivity index (χ2n) is 6.64. The lowest BCUT2D eigenvalue weighted by Gasteiger charge is -2.27. The number of carbonyl (C=O) groups excluding carboxylic acids is 1. The Bertz CT molecular complexity index is 980. The molecule has 0 unspecified atom stereocenters. The third kappa shape index (κ3) is 4.00. The van der Waals surface area contributed by atoms with E-state index in [0.717, 1.165) is 42.3 Å². The van der Waals surface area contributed by atoms with E-state index in [4.69, 9.17) is 5.73 Å². The Hall–Kier alpha value is -2.90. The largest absolute Gasteiger partial charge is 0.397 e. The molecule has 1 fully saturated rings. The number of hydrogen-bond acceptors (Lipinski definition) is 5. The van der Waals surface area contributed by atoms with Crippen molar-refractivity contribution in [1.29, 1.82) is 0 Å². The molecule has 1 aliphatic rings. The molecule has 0 aliphatic carbocycles. The van der Waals surface area contributed by atoms with Crippen molar-refractivity contribution in [2.24, 2.45) is 0 Å². The molecule has 1 aliphatic heterocycles. The molecule has 0 atom stereocenters. The number of hydrogen-bond donors (Lipinski definition) is 3. The van der Waals surface area contributed by atoms with Crippen LogP contribution in [0.5, 0.6) is 0 Å². The van der Waals surface area contributed by atoms with Crippen LogP contribution in [-0.2, 0) is 0 Å². The van der Waals surface area contributed by atoms with E-state index in [1.165, 1.54) is 23.5 Å². The predicted octanol–water partition coefficient (Wildman–Crippen LogP) is 3.80. The van der Waals surface area contributed by atoms with Gasteiger partial charge in [-0.05, 0) is 47.5 Å². The summed E-state index contributed by atoms with van der Waals surface area (Å²) >= 11 is 1.48. The fourth-order valence-electron chi connectivity index (χ4n) is 3.18. The Morgan fingerprint density at radius 2 is 1.75 bits per heavy atom. The second-order valence-corrected chi connectivity index (χ2v) is 7.70. The summed E-state index contributed by atoms with van der Waals surface area (Å²) in [5.41, 5.74) is 8.80. The quantitative estimate of drug-likeness (QED) is 0.587.